The van der Waals surface area contributed by atoms with Crippen molar-refractivity contribution in [3.05, 3.63) is 42.5 Å². The molecule has 8 nitrogen and oxygen atoms in total. The largest absolute Gasteiger partial charge is 0.384 e. The third kappa shape index (κ3) is 7.33. The molecule has 2 rings (SSSR count). The molecule has 2 aromatic rings. The highest BCUT2D eigenvalue weighted by Gasteiger charge is 1.98. The van der Waals surface area contributed by atoms with Gasteiger partial charge in [-0.3, -0.25) is 0 Å². The summed E-state index contributed by atoms with van der Waals surface area (Å²) in [7, 11) is 0. The fraction of sp³-hybridized carbons (Fsp3) is 0. The van der Waals surface area contributed by atoms with Crippen LogP contribution in [0.4, 0.5) is 27.8 Å². The van der Waals surface area contributed by atoms with Crippen LogP contribution < -0.4 is 22.9 Å². The molecule has 1 aromatic carbocycles. The number of nitrogen functional groups attached to an aromatic ring is 2. The molecule has 112 valence electrons. The molecule has 21 heavy (non-hydrogen) atoms. The molecular weight excluding hydrogens is 294 g/mol. The molecule has 8 N–H and O–H groups in total. The van der Waals surface area contributed by atoms with Crippen molar-refractivity contribution < 1.29 is 4.79 Å². The van der Waals surface area contributed by atoms with Gasteiger partial charge in [0.25, 0.3) is 0 Å². The smallest absolute Gasteiger partial charge is 0.309 e. The normalized spacial score (nSPS) is 9.33. The number of aromatic nitrogens is 1. The molecule has 0 radical (unpaired) electrons. The monoisotopic (exact) mass is 309 g/mol. The fourth-order valence-electron chi connectivity index (χ4n) is 1.17. The van der Waals surface area contributed by atoms with E-state index in [1.54, 1.807) is 12.1 Å². The number of benzene rings is 1. The molecule has 0 aliphatic rings. The van der Waals surface area contributed by atoms with Crippen LogP contribution in [0.3, 0.4) is 0 Å². The quantitative estimate of drug-likeness (QED) is 0.626. The summed E-state index contributed by atoms with van der Waals surface area (Å²) in [6.45, 7) is 0. The number of nitrogens with two attached hydrogens (primary N) is 4. The molecule has 0 saturated heterocycles. The first-order chi connectivity index (χ1) is 9.49. The zero-order valence-electron chi connectivity index (χ0n) is 11.0. The van der Waals surface area contributed by atoms with Gasteiger partial charge in [-0.15, -0.1) is 17.5 Å². The summed E-state index contributed by atoms with van der Waals surface area (Å²) in [6, 6.07) is 11.9. The van der Waals surface area contributed by atoms with Crippen LogP contribution >= 0.6 is 12.4 Å². The molecule has 0 saturated carbocycles. The van der Waals surface area contributed by atoms with E-state index < -0.39 is 6.03 Å². The number of carbonyl (C=O) groups is 1. The van der Waals surface area contributed by atoms with Gasteiger partial charge in [0.05, 0.1) is 5.69 Å². The van der Waals surface area contributed by atoms with Crippen molar-refractivity contribution in [1.29, 1.82) is 0 Å². The minimum Gasteiger partial charge on any atom is -0.384 e. The van der Waals surface area contributed by atoms with Gasteiger partial charge in [-0.05, 0) is 24.3 Å². The number of pyridine rings is 1. The van der Waals surface area contributed by atoms with Crippen molar-refractivity contribution in [2.45, 2.75) is 0 Å². The van der Waals surface area contributed by atoms with Crippen LogP contribution in [0.1, 0.15) is 0 Å². The van der Waals surface area contributed by atoms with E-state index in [0.717, 1.165) is 5.69 Å². The van der Waals surface area contributed by atoms with Crippen LogP contribution in [0.25, 0.3) is 0 Å². The van der Waals surface area contributed by atoms with Crippen LogP contribution in [0, 0.1) is 0 Å². The third-order valence-corrected chi connectivity index (χ3v) is 1.95. The maximum Gasteiger partial charge on any atom is 0.309 e. The van der Waals surface area contributed by atoms with Gasteiger partial charge in [-0.25, -0.2) is 9.78 Å². The number of carbonyl (C=O) groups excluding carboxylic acids is 1. The highest BCUT2D eigenvalue weighted by atomic mass is 35.5. The topological polar surface area (TPSA) is 159 Å². The molecule has 0 aliphatic heterocycles. The molecule has 9 heteroatoms. The fourth-order valence-corrected chi connectivity index (χ4v) is 1.17. The Hall–Kier alpha value is -2.87. The number of primary amides is 2. The van der Waals surface area contributed by atoms with Crippen molar-refractivity contribution >= 4 is 41.4 Å². The number of rotatable bonds is 2. The van der Waals surface area contributed by atoms with Gasteiger partial charge in [0.15, 0.2) is 5.82 Å². The number of amides is 2. The predicted octanol–water partition coefficient (Wildman–Crippen LogP) is 2.11. The Labute approximate surface area is 127 Å². The maximum absolute atomic E-state index is 9.00. The van der Waals surface area contributed by atoms with Crippen molar-refractivity contribution in [2.75, 3.05) is 11.5 Å². The Balaban J connectivity index is 0.000000715. The van der Waals surface area contributed by atoms with E-state index in [-0.39, 0.29) is 18.2 Å². The minimum absolute atomic E-state index is 0. The summed E-state index contributed by atoms with van der Waals surface area (Å²) in [4.78, 5) is 12.9. The summed E-state index contributed by atoms with van der Waals surface area (Å²) in [5.41, 5.74) is 20.9. The average Bonchev–Trinajstić information content (AvgIpc) is 2.38. The van der Waals surface area contributed by atoms with Crippen LogP contribution in [0.2, 0.25) is 0 Å². The number of azo groups is 1. The number of anilines is 2. The van der Waals surface area contributed by atoms with Crippen molar-refractivity contribution in [2.24, 2.45) is 21.7 Å². The van der Waals surface area contributed by atoms with Gasteiger partial charge in [-0.1, -0.05) is 18.2 Å². The van der Waals surface area contributed by atoms with Crippen LogP contribution in [0.15, 0.2) is 52.7 Å². The van der Waals surface area contributed by atoms with Crippen LogP contribution in [-0.2, 0) is 0 Å². The Morgan fingerprint density at radius 2 is 1.52 bits per heavy atom. The molecule has 0 atom stereocenters. The molecule has 0 bridgehead atoms. The zero-order chi connectivity index (χ0) is 15.0. The van der Waals surface area contributed by atoms with Gasteiger partial charge in [0, 0.05) is 0 Å². The van der Waals surface area contributed by atoms with Crippen LogP contribution in [0.5, 0.6) is 0 Å². The van der Waals surface area contributed by atoms with Gasteiger partial charge in [-0.2, -0.15) is 5.11 Å². The molecular formula is C12H16ClN7O. The van der Waals surface area contributed by atoms with Crippen molar-refractivity contribution in [3.63, 3.8) is 0 Å². The van der Waals surface area contributed by atoms with E-state index in [1.807, 2.05) is 30.3 Å². The third-order valence-electron chi connectivity index (χ3n) is 1.95. The van der Waals surface area contributed by atoms with E-state index in [4.69, 9.17) is 16.3 Å². The molecule has 0 fully saturated rings. The molecule has 2 amide bonds. The zero-order valence-corrected chi connectivity index (χ0v) is 11.8. The predicted molar refractivity (Wildman–Crippen MR) is 84.7 cm³/mol. The van der Waals surface area contributed by atoms with E-state index in [1.165, 1.54) is 0 Å². The van der Waals surface area contributed by atoms with Gasteiger partial charge >= 0.3 is 6.03 Å². The van der Waals surface area contributed by atoms with Gasteiger partial charge < -0.3 is 22.9 Å². The molecule has 1 aromatic heterocycles. The lowest BCUT2D eigenvalue weighted by molar-refractivity contribution is 0.256. The Bertz CT molecular complexity index is 600. The minimum atomic E-state index is -0.833. The Kier molecular flexibility index (Phi) is 7.86. The molecule has 0 unspecified atom stereocenters. The molecule has 1 heterocycles. The SMILES string of the molecule is Cl.NC(N)=O.Nc1ccc(N=Nc2ccccc2)c(N)n1. The first-order valence-corrected chi connectivity index (χ1v) is 5.52. The lowest BCUT2D eigenvalue weighted by atomic mass is 10.3. The second-order valence-electron chi connectivity index (χ2n) is 3.58. The number of hydrogen-bond donors (Lipinski definition) is 4. The maximum atomic E-state index is 9.00. The molecule has 0 spiro atoms. The van der Waals surface area contributed by atoms with Crippen molar-refractivity contribution in [3.8, 4) is 0 Å². The first-order valence-electron chi connectivity index (χ1n) is 5.52. The van der Waals surface area contributed by atoms with Gasteiger partial charge in [0.1, 0.15) is 11.5 Å². The summed E-state index contributed by atoms with van der Waals surface area (Å²) in [5, 5.41) is 8.03. The van der Waals surface area contributed by atoms with Crippen LogP contribution in [-0.4, -0.2) is 11.0 Å². The standard InChI is InChI=1S/C11H11N5.CH4N2O.ClH/c12-10-7-6-9(11(13)14-10)16-15-8-4-2-1-3-5-8;2-1(3)4;/h1-7H,(H4,12,13,14);(H4,2,3,4);1H. The second kappa shape index (κ2) is 9.10. The van der Waals surface area contributed by atoms with E-state index >= 15 is 0 Å². The highest BCUT2D eigenvalue weighted by molar-refractivity contribution is 5.85. The lowest BCUT2D eigenvalue weighted by Crippen LogP contribution is -2.18. The summed E-state index contributed by atoms with van der Waals surface area (Å²) in [6.07, 6.45) is 0. The number of urea groups is 1. The number of nitrogens with zero attached hydrogens (tertiary/aromatic N) is 3. The Morgan fingerprint density at radius 1 is 0.952 bits per heavy atom. The van der Waals surface area contributed by atoms with Gasteiger partial charge in [0.2, 0.25) is 0 Å². The summed E-state index contributed by atoms with van der Waals surface area (Å²) >= 11 is 0. The Morgan fingerprint density at radius 3 is 2.05 bits per heavy atom. The van der Waals surface area contributed by atoms with E-state index in [0.29, 0.717) is 11.5 Å². The van der Waals surface area contributed by atoms with E-state index in [2.05, 4.69) is 26.7 Å². The first kappa shape index (κ1) is 18.1. The number of halogens is 1. The summed E-state index contributed by atoms with van der Waals surface area (Å²) < 4.78 is 0. The summed E-state index contributed by atoms with van der Waals surface area (Å²) in [5.74, 6) is 0.649. The van der Waals surface area contributed by atoms with E-state index in [9.17, 15) is 0 Å². The highest BCUT2D eigenvalue weighted by Crippen LogP contribution is 2.23. The lowest BCUT2D eigenvalue weighted by Gasteiger charge is -1.98. The number of hydrogen-bond acceptors (Lipinski definition) is 6. The molecule has 0 aliphatic carbocycles. The average molecular weight is 310 g/mol. The second-order valence-corrected chi connectivity index (χ2v) is 3.58. The van der Waals surface area contributed by atoms with Crippen molar-refractivity contribution in [1.82, 2.24) is 4.98 Å².